The summed E-state index contributed by atoms with van der Waals surface area (Å²) in [6, 6.07) is 0. The minimum Gasteiger partial charge on any atom is -0.385 e. The minimum atomic E-state index is 0.618. The Morgan fingerprint density at radius 1 is 1.31 bits per heavy atom. The molecule has 1 aliphatic carbocycles. The van der Waals surface area contributed by atoms with Crippen LogP contribution in [0.3, 0.4) is 0 Å². The molecule has 0 aromatic carbocycles. The molecule has 2 fully saturated rings. The lowest BCUT2D eigenvalue weighted by molar-refractivity contribution is 0.0367. The molecule has 1 aliphatic heterocycles. The van der Waals surface area contributed by atoms with Crippen LogP contribution in [0.1, 0.15) is 32.1 Å². The Kier molecular flexibility index (Phi) is 2.89. The van der Waals surface area contributed by atoms with Gasteiger partial charge in [-0.15, -0.1) is 0 Å². The summed E-state index contributed by atoms with van der Waals surface area (Å²) >= 11 is 0. The predicted molar refractivity (Wildman–Crippen MR) is 53.8 cm³/mol. The Balaban J connectivity index is 1.89. The van der Waals surface area contributed by atoms with Gasteiger partial charge in [-0.25, -0.2) is 0 Å². The first kappa shape index (κ1) is 9.47. The molecule has 2 aliphatic rings. The predicted octanol–water partition coefficient (Wildman–Crippen LogP) is 1.80. The second-order valence-corrected chi connectivity index (χ2v) is 4.69. The van der Waals surface area contributed by atoms with Crippen molar-refractivity contribution in [3.63, 3.8) is 0 Å². The summed E-state index contributed by atoms with van der Waals surface area (Å²) in [7, 11) is 1.81. The first-order valence-electron chi connectivity index (χ1n) is 5.57. The van der Waals surface area contributed by atoms with E-state index in [1.165, 1.54) is 45.2 Å². The summed E-state index contributed by atoms with van der Waals surface area (Å²) in [6.45, 7) is 3.42. The SMILES string of the molecule is COCCC1(C2CCCC2)CNC1. The summed E-state index contributed by atoms with van der Waals surface area (Å²) in [5.41, 5.74) is 0.618. The van der Waals surface area contributed by atoms with E-state index in [2.05, 4.69) is 5.32 Å². The molecule has 1 saturated heterocycles. The van der Waals surface area contributed by atoms with Gasteiger partial charge in [0.15, 0.2) is 0 Å². The number of ether oxygens (including phenoxy) is 1. The maximum Gasteiger partial charge on any atom is 0.0468 e. The number of hydrogen-bond donors (Lipinski definition) is 1. The second-order valence-electron chi connectivity index (χ2n) is 4.69. The lowest BCUT2D eigenvalue weighted by Gasteiger charge is -2.47. The maximum absolute atomic E-state index is 5.21. The Bertz CT molecular complexity index is 159. The minimum absolute atomic E-state index is 0.618. The average molecular weight is 183 g/mol. The fraction of sp³-hybridized carbons (Fsp3) is 1.00. The van der Waals surface area contributed by atoms with Gasteiger partial charge in [-0.3, -0.25) is 0 Å². The normalized spacial score (nSPS) is 27.5. The van der Waals surface area contributed by atoms with E-state index in [0.717, 1.165) is 12.5 Å². The smallest absolute Gasteiger partial charge is 0.0468 e. The summed E-state index contributed by atoms with van der Waals surface area (Å²) in [5, 5.41) is 3.43. The zero-order valence-corrected chi connectivity index (χ0v) is 8.64. The highest BCUT2D eigenvalue weighted by atomic mass is 16.5. The molecule has 76 valence electrons. The van der Waals surface area contributed by atoms with Crippen LogP contribution in [0.15, 0.2) is 0 Å². The van der Waals surface area contributed by atoms with Crippen molar-refractivity contribution >= 4 is 0 Å². The number of rotatable bonds is 4. The standard InChI is InChI=1S/C11H21NO/c1-13-7-6-11(8-12-9-11)10-4-2-3-5-10/h10,12H,2-9H2,1H3. The van der Waals surface area contributed by atoms with Crippen molar-refractivity contribution < 1.29 is 4.74 Å². The Labute approximate surface area is 81.0 Å². The largest absolute Gasteiger partial charge is 0.385 e. The second kappa shape index (κ2) is 3.97. The van der Waals surface area contributed by atoms with Crippen LogP contribution in [0, 0.1) is 11.3 Å². The van der Waals surface area contributed by atoms with Crippen LogP contribution >= 0.6 is 0 Å². The molecular weight excluding hydrogens is 162 g/mol. The van der Waals surface area contributed by atoms with Gasteiger partial charge in [0.05, 0.1) is 0 Å². The van der Waals surface area contributed by atoms with E-state index in [9.17, 15) is 0 Å². The molecule has 0 unspecified atom stereocenters. The molecule has 2 rings (SSSR count). The van der Waals surface area contributed by atoms with Crippen LogP contribution in [0.5, 0.6) is 0 Å². The summed E-state index contributed by atoms with van der Waals surface area (Å²) in [4.78, 5) is 0. The van der Waals surface area contributed by atoms with E-state index in [1.807, 2.05) is 7.11 Å². The van der Waals surface area contributed by atoms with Gasteiger partial charge < -0.3 is 10.1 Å². The molecule has 0 amide bonds. The molecule has 0 aromatic rings. The molecule has 1 N–H and O–H groups in total. The van der Waals surface area contributed by atoms with Gasteiger partial charge in [0.2, 0.25) is 0 Å². The lowest BCUT2D eigenvalue weighted by Crippen LogP contribution is -2.57. The van der Waals surface area contributed by atoms with Crippen molar-refractivity contribution in [2.45, 2.75) is 32.1 Å². The topological polar surface area (TPSA) is 21.3 Å². The van der Waals surface area contributed by atoms with Crippen molar-refractivity contribution in [2.75, 3.05) is 26.8 Å². The average Bonchev–Trinajstić information content (AvgIpc) is 2.56. The van der Waals surface area contributed by atoms with Crippen LogP contribution in [0.2, 0.25) is 0 Å². The fourth-order valence-corrected chi connectivity index (χ4v) is 2.96. The van der Waals surface area contributed by atoms with Crippen molar-refractivity contribution in [2.24, 2.45) is 11.3 Å². The lowest BCUT2D eigenvalue weighted by atomic mass is 9.68. The van der Waals surface area contributed by atoms with Crippen molar-refractivity contribution in [3.8, 4) is 0 Å². The third kappa shape index (κ3) is 1.75. The third-order valence-electron chi connectivity index (χ3n) is 3.98. The molecule has 0 spiro atoms. The fourth-order valence-electron chi connectivity index (χ4n) is 2.96. The molecule has 2 heteroatoms. The van der Waals surface area contributed by atoms with Gasteiger partial charge in [0.1, 0.15) is 0 Å². The van der Waals surface area contributed by atoms with Gasteiger partial charge >= 0.3 is 0 Å². The van der Waals surface area contributed by atoms with Gasteiger partial charge in [-0.2, -0.15) is 0 Å². The van der Waals surface area contributed by atoms with Crippen LogP contribution in [0.4, 0.5) is 0 Å². The zero-order valence-electron chi connectivity index (χ0n) is 8.64. The number of nitrogens with one attached hydrogen (secondary N) is 1. The molecule has 0 radical (unpaired) electrons. The van der Waals surface area contributed by atoms with E-state index < -0.39 is 0 Å². The highest BCUT2D eigenvalue weighted by molar-refractivity contribution is 4.98. The van der Waals surface area contributed by atoms with E-state index >= 15 is 0 Å². The third-order valence-corrected chi connectivity index (χ3v) is 3.98. The Morgan fingerprint density at radius 2 is 2.00 bits per heavy atom. The number of hydrogen-bond acceptors (Lipinski definition) is 2. The maximum atomic E-state index is 5.21. The van der Waals surface area contributed by atoms with Crippen LogP contribution in [0.25, 0.3) is 0 Å². The van der Waals surface area contributed by atoms with Crippen LogP contribution in [-0.2, 0) is 4.74 Å². The van der Waals surface area contributed by atoms with Crippen LogP contribution in [-0.4, -0.2) is 26.8 Å². The van der Waals surface area contributed by atoms with E-state index in [1.54, 1.807) is 0 Å². The summed E-state index contributed by atoms with van der Waals surface area (Å²) in [5.74, 6) is 0.990. The number of methoxy groups -OCH3 is 1. The van der Waals surface area contributed by atoms with E-state index in [0.29, 0.717) is 5.41 Å². The molecule has 1 heterocycles. The first-order valence-corrected chi connectivity index (χ1v) is 5.57. The monoisotopic (exact) mass is 183 g/mol. The van der Waals surface area contributed by atoms with Gasteiger partial charge in [-0.1, -0.05) is 12.8 Å². The zero-order chi connectivity index (χ0) is 9.15. The first-order chi connectivity index (χ1) is 6.37. The van der Waals surface area contributed by atoms with Crippen LogP contribution < -0.4 is 5.32 Å². The van der Waals surface area contributed by atoms with E-state index in [-0.39, 0.29) is 0 Å². The van der Waals surface area contributed by atoms with E-state index in [4.69, 9.17) is 4.74 Å². The highest BCUT2D eigenvalue weighted by Crippen LogP contribution is 2.44. The Hall–Kier alpha value is -0.0800. The molecule has 2 nitrogen and oxygen atoms in total. The highest BCUT2D eigenvalue weighted by Gasteiger charge is 2.44. The Morgan fingerprint density at radius 3 is 2.46 bits per heavy atom. The molecule has 0 atom stereocenters. The molecule has 1 saturated carbocycles. The summed E-state index contributed by atoms with van der Waals surface area (Å²) in [6.07, 6.45) is 7.11. The molecule has 13 heavy (non-hydrogen) atoms. The summed E-state index contributed by atoms with van der Waals surface area (Å²) < 4.78 is 5.21. The van der Waals surface area contributed by atoms with Crippen molar-refractivity contribution in [1.82, 2.24) is 5.32 Å². The van der Waals surface area contributed by atoms with Gasteiger partial charge in [-0.05, 0) is 25.2 Å². The molecule has 0 aromatic heterocycles. The van der Waals surface area contributed by atoms with Gasteiger partial charge in [0, 0.05) is 32.2 Å². The van der Waals surface area contributed by atoms with Crippen molar-refractivity contribution in [1.29, 1.82) is 0 Å². The molecular formula is C11H21NO. The quantitative estimate of drug-likeness (QED) is 0.717. The molecule has 0 bridgehead atoms. The van der Waals surface area contributed by atoms with Crippen molar-refractivity contribution in [3.05, 3.63) is 0 Å². The van der Waals surface area contributed by atoms with Gasteiger partial charge in [0.25, 0.3) is 0 Å².